The Morgan fingerprint density at radius 3 is 2.80 bits per heavy atom. The highest BCUT2D eigenvalue weighted by atomic mass is 16.6. The Labute approximate surface area is 149 Å². The summed E-state index contributed by atoms with van der Waals surface area (Å²) in [5.41, 5.74) is 0.443. The summed E-state index contributed by atoms with van der Waals surface area (Å²) in [6.45, 7) is 7.72. The SMILES string of the molecule is Cn1cc(CC(=O)NCCC2CCCN(C(=O)OC(C)(C)C)C2)cn1. The Kier molecular flexibility index (Phi) is 6.45. The van der Waals surface area contributed by atoms with E-state index in [1.54, 1.807) is 15.8 Å². The van der Waals surface area contributed by atoms with Crippen molar-refractivity contribution in [1.29, 1.82) is 0 Å². The molecule has 140 valence electrons. The van der Waals surface area contributed by atoms with Crippen LogP contribution in [0.4, 0.5) is 4.79 Å². The first-order valence-electron chi connectivity index (χ1n) is 8.95. The van der Waals surface area contributed by atoms with E-state index >= 15 is 0 Å². The molecule has 0 radical (unpaired) electrons. The number of nitrogens with zero attached hydrogens (tertiary/aromatic N) is 3. The predicted molar refractivity (Wildman–Crippen MR) is 95.1 cm³/mol. The zero-order valence-electron chi connectivity index (χ0n) is 15.7. The van der Waals surface area contributed by atoms with E-state index in [-0.39, 0.29) is 12.0 Å². The van der Waals surface area contributed by atoms with E-state index in [4.69, 9.17) is 4.74 Å². The topological polar surface area (TPSA) is 76.5 Å². The summed E-state index contributed by atoms with van der Waals surface area (Å²) < 4.78 is 7.14. The summed E-state index contributed by atoms with van der Waals surface area (Å²) >= 11 is 0. The fourth-order valence-corrected chi connectivity index (χ4v) is 3.02. The van der Waals surface area contributed by atoms with Gasteiger partial charge in [0.25, 0.3) is 0 Å². The number of likely N-dealkylation sites (tertiary alicyclic amines) is 1. The van der Waals surface area contributed by atoms with Gasteiger partial charge in [-0.1, -0.05) is 0 Å². The van der Waals surface area contributed by atoms with Gasteiger partial charge in [0.05, 0.1) is 12.6 Å². The fraction of sp³-hybridized carbons (Fsp3) is 0.722. The van der Waals surface area contributed by atoms with Crippen LogP contribution in [0.1, 0.15) is 45.6 Å². The van der Waals surface area contributed by atoms with Crippen molar-refractivity contribution in [2.24, 2.45) is 13.0 Å². The number of hydrogen-bond donors (Lipinski definition) is 1. The van der Waals surface area contributed by atoms with Crippen molar-refractivity contribution >= 4 is 12.0 Å². The molecule has 2 amide bonds. The zero-order valence-corrected chi connectivity index (χ0v) is 15.7. The molecule has 1 aromatic rings. The molecule has 2 rings (SSSR count). The van der Waals surface area contributed by atoms with Crippen molar-refractivity contribution in [2.75, 3.05) is 19.6 Å². The van der Waals surface area contributed by atoms with Gasteiger partial charge in [0, 0.05) is 32.9 Å². The Morgan fingerprint density at radius 2 is 2.16 bits per heavy atom. The molecule has 25 heavy (non-hydrogen) atoms. The van der Waals surface area contributed by atoms with Crippen LogP contribution in [0.3, 0.4) is 0 Å². The number of carbonyl (C=O) groups is 2. The number of piperidine rings is 1. The molecule has 1 unspecified atom stereocenters. The number of amides is 2. The molecule has 0 aliphatic carbocycles. The van der Waals surface area contributed by atoms with Gasteiger partial charge in [-0.3, -0.25) is 9.48 Å². The molecule has 0 spiro atoms. The number of aromatic nitrogens is 2. The van der Waals surface area contributed by atoms with Crippen molar-refractivity contribution < 1.29 is 14.3 Å². The first kappa shape index (κ1) is 19.3. The summed E-state index contributed by atoms with van der Waals surface area (Å²) in [5, 5.41) is 7.02. The van der Waals surface area contributed by atoms with E-state index in [2.05, 4.69) is 10.4 Å². The van der Waals surface area contributed by atoms with E-state index < -0.39 is 5.60 Å². The second-order valence-corrected chi connectivity index (χ2v) is 7.77. The molecule has 7 nitrogen and oxygen atoms in total. The Balaban J connectivity index is 1.70. The summed E-state index contributed by atoms with van der Waals surface area (Å²) in [7, 11) is 1.83. The molecule has 1 fully saturated rings. The second-order valence-electron chi connectivity index (χ2n) is 7.77. The number of hydrogen-bond acceptors (Lipinski definition) is 4. The van der Waals surface area contributed by atoms with Crippen LogP contribution in [0.5, 0.6) is 0 Å². The highest BCUT2D eigenvalue weighted by molar-refractivity contribution is 5.78. The van der Waals surface area contributed by atoms with Gasteiger partial charge in [-0.05, 0) is 51.5 Å². The third kappa shape index (κ3) is 6.76. The van der Waals surface area contributed by atoms with Crippen molar-refractivity contribution in [2.45, 2.75) is 52.1 Å². The minimum atomic E-state index is -0.468. The normalized spacial score (nSPS) is 18.1. The molecule has 0 saturated carbocycles. The molecule has 1 aliphatic rings. The third-order valence-corrected chi connectivity index (χ3v) is 4.17. The van der Waals surface area contributed by atoms with Crippen molar-refractivity contribution in [3.05, 3.63) is 18.0 Å². The highest BCUT2D eigenvalue weighted by Crippen LogP contribution is 2.21. The lowest BCUT2D eigenvalue weighted by Crippen LogP contribution is -2.43. The van der Waals surface area contributed by atoms with Gasteiger partial charge in [-0.25, -0.2) is 4.79 Å². The van der Waals surface area contributed by atoms with Crippen LogP contribution in [0, 0.1) is 5.92 Å². The summed E-state index contributed by atoms with van der Waals surface area (Å²) in [6, 6.07) is 0. The molecule has 1 atom stereocenters. The number of carbonyl (C=O) groups excluding carboxylic acids is 2. The van der Waals surface area contributed by atoms with Crippen LogP contribution >= 0.6 is 0 Å². The van der Waals surface area contributed by atoms with Crippen molar-refractivity contribution in [1.82, 2.24) is 20.0 Å². The quantitative estimate of drug-likeness (QED) is 0.882. The van der Waals surface area contributed by atoms with Crippen LogP contribution in [0.15, 0.2) is 12.4 Å². The third-order valence-electron chi connectivity index (χ3n) is 4.17. The number of nitrogens with one attached hydrogen (secondary N) is 1. The fourth-order valence-electron chi connectivity index (χ4n) is 3.02. The van der Waals surface area contributed by atoms with E-state index in [0.717, 1.165) is 31.4 Å². The van der Waals surface area contributed by atoms with E-state index in [9.17, 15) is 9.59 Å². The number of ether oxygens (including phenoxy) is 1. The Bertz CT molecular complexity index is 591. The molecule has 7 heteroatoms. The van der Waals surface area contributed by atoms with Gasteiger partial charge < -0.3 is 15.0 Å². The van der Waals surface area contributed by atoms with Gasteiger partial charge in [0.1, 0.15) is 5.60 Å². The standard InChI is InChI=1S/C18H30N4O3/c1-18(2,3)25-17(24)22-9-5-6-14(13-22)7-8-19-16(23)10-15-11-20-21(4)12-15/h11-12,14H,5-10,13H2,1-4H3,(H,19,23). The van der Waals surface area contributed by atoms with Gasteiger partial charge in [-0.15, -0.1) is 0 Å². The molecule has 1 aromatic heterocycles. The van der Waals surface area contributed by atoms with E-state index in [0.29, 0.717) is 25.4 Å². The second kappa shape index (κ2) is 8.36. The van der Waals surface area contributed by atoms with Gasteiger partial charge in [0.2, 0.25) is 5.91 Å². The Morgan fingerprint density at radius 1 is 1.40 bits per heavy atom. The summed E-state index contributed by atoms with van der Waals surface area (Å²) in [6.07, 6.45) is 6.60. The molecule has 2 heterocycles. The van der Waals surface area contributed by atoms with E-state index in [1.807, 2.05) is 34.0 Å². The minimum Gasteiger partial charge on any atom is -0.444 e. The first-order chi connectivity index (χ1) is 11.7. The minimum absolute atomic E-state index is 0.00723. The van der Waals surface area contributed by atoms with Gasteiger partial charge in [0.15, 0.2) is 0 Å². The molecular formula is C18H30N4O3. The van der Waals surface area contributed by atoms with Crippen LogP contribution in [0.2, 0.25) is 0 Å². The van der Waals surface area contributed by atoms with Crippen LogP contribution in [-0.4, -0.2) is 51.9 Å². The summed E-state index contributed by atoms with van der Waals surface area (Å²) in [5.74, 6) is 0.410. The van der Waals surface area contributed by atoms with Gasteiger partial charge in [-0.2, -0.15) is 5.10 Å². The average Bonchev–Trinajstić information content (AvgIpc) is 2.91. The first-order valence-corrected chi connectivity index (χ1v) is 8.95. The molecule has 1 N–H and O–H groups in total. The van der Waals surface area contributed by atoms with Crippen molar-refractivity contribution in [3.8, 4) is 0 Å². The molecular weight excluding hydrogens is 320 g/mol. The molecule has 0 aromatic carbocycles. The summed E-state index contributed by atoms with van der Waals surface area (Å²) in [4.78, 5) is 25.9. The Hall–Kier alpha value is -2.05. The van der Waals surface area contributed by atoms with Crippen LogP contribution in [-0.2, 0) is 23.0 Å². The predicted octanol–water partition coefficient (Wildman–Crippen LogP) is 2.12. The molecule has 1 aliphatic heterocycles. The maximum atomic E-state index is 12.2. The van der Waals surface area contributed by atoms with Gasteiger partial charge >= 0.3 is 6.09 Å². The lowest BCUT2D eigenvalue weighted by atomic mass is 9.95. The number of rotatable bonds is 5. The van der Waals surface area contributed by atoms with Crippen LogP contribution in [0.25, 0.3) is 0 Å². The lowest BCUT2D eigenvalue weighted by molar-refractivity contribution is -0.120. The number of aryl methyl sites for hydroxylation is 1. The zero-order chi connectivity index (χ0) is 18.4. The average molecular weight is 350 g/mol. The molecule has 1 saturated heterocycles. The largest absolute Gasteiger partial charge is 0.444 e. The molecule has 0 bridgehead atoms. The highest BCUT2D eigenvalue weighted by Gasteiger charge is 2.27. The van der Waals surface area contributed by atoms with Crippen LogP contribution < -0.4 is 5.32 Å². The smallest absolute Gasteiger partial charge is 0.410 e. The van der Waals surface area contributed by atoms with Crippen molar-refractivity contribution in [3.63, 3.8) is 0 Å². The maximum Gasteiger partial charge on any atom is 0.410 e. The lowest BCUT2D eigenvalue weighted by Gasteiger charge is -2.34. The monoisotopic (exact) mass is 350 g/mol. The maximum absolute atomic E-state index is 12.2. The van der Waals surface area contributed by atoms with E-state index in [1.165, 1.54) is 0 Å².